The van der Waals surface area contributed by atoms with Crippen LogP contribution in [0.15, 0.2) is 42.5 Å². The first-order chi connectivity index (χ1) is 17.9. The quantitative estimate of drug-likeness (QED) is 0.590. The number of rotatable bonds is 4. The average Bonchev–Trinajstić information content (AvgIpc) is 3.53. The van der Waals surface area contributed by atoms with Crippen LogP contribution >= 0.6 is 0 Å². The summed E-state index contributed by atoms with van der Waals surface area (Å²) in [6.45, 7) is 5.05. The number of likely N-dealkylation sites (tertiary alicyclic amines) is 1. The van der Waals surface area contributed by atoms with Crippen molar-refractivity contribution in [3.63, 3.8) is 0 Å². The highest BCUT2D eigenvalue weighted by Gasteiger charge is 2.58. The number of benzene rings is 2. The van der Waals surface area contributed by atoms with E-state index >= 15 is 4.39 Å². The molecule has 1 atom stereocenters. The molecule has 0 aromatic heterocycles. The van der Waals surface area contributed by atoms with Gasteiger partial charge in [-0.1, -0.05) is 24.3 Å². The number of halogens is 1. The van der Waals surface area contributed by atoms with Crippen molar-refractivity contribution in [3.8, 4) is 0 Å². The van der Waals surface area contributed by atoms with E-state index in [0.29, 0.717) is 76.3 Å². The van der Waals surface area contributed by atoms with Gasteiger partial charge in [0.2, 0.25) is 5.91 Å². The van der Waals surface area contributed by atoms with E-state index in [9.17, 15) is 14.4 Å². The molecule has 3 heterocycles. The number of amides is 2. The zero-order valence-electron chi connectivity index (χ0n) is 20.9. The number of carbonyl (C=O) groups excluding carboxylic acids is 3. The summed E-state index contributed by atoms with van der Waals surface area (Å²) < 4.78 is 26.3. The van der Waals surface area contributed by atoms with E-state index in [1.807, 2.05) is 29.2 Å². The van der Waals surface area contributed by atoms with Crippen molar-refractivity contribution < 1.29 is 28.2 Å². The van der Waals surface area contributed by atoms with Crippen molar-refractivity contribution in [1.82, 2.24) is 9.80 Å². The zero-order chi connectivity index (χ0) is 25.8. The zero-order valence-corrected chi connectivity index (χ0v) is 20.9. The molecule has 0 radical (unpaired) electrons. The lowest BCUT2D eigenvalue weighted by Gasteiger charge is -2.35. The van der Waals surface area contributed by atoms with Crippen LogP contribution in [0, 0.1) is 5.82 Å². The molecular weight excluding hydrogens is 477 g/mol. The maximum absolute atomic E-state index is 15.5. The van der Waals surface area contributed by atoms with Crippen molar-refractivity contribution in [2.75, 3.05) is 50.8 Å². The minimum atomic E-state index is -0.862. The number of hydrogen-bond donors (Lipinski definition) is 0. The van der Waals surface area contributed by atoms with Crippen LogP contribution < -0.4 is 4.90 Å². The summed E-state index contributed by atoms with van der Waals surface area (Å²) in [6, 6.07) is 12.4. The SMILES string of the molecule is CCOC(=O)N1CCN(c2ccc(C3(C(=O)N4CC[C@@]5(C4)OC(=O)c4ccccc45)CC3)c(F)c2)CC1. The predicted molar refractivity (Wildman–Crippen MR) is 133 cm³/mol. The summed E-state index contributed by atoms with van der Waals surface area (Å²) in [5.74, 6) is -0.835. The summed E-state index contributed by atoms with van der Waals surface area (Å²) >= 11 is 0. The molecule has 1 spiro atoms. The van der Waals surface area contributed by atoms with Crippen LogP contribution in [-0.2, 0) is 25.3 Å². The summed E-state index contributed by atoms with van der Waals surface area (Å²) in [4.78, 5) is 43.5. The Morgan fingerprint density at radius 1 is 0.973 bits per heavy atom. The van der Waals surface area contributed by atoms with Crippen molar-refractivity contribution in [2.24, 2.45) is 0 Å². The fraction of sp³-hybridized carbons (Fsp3) is 0.464. The maximum atomic E-state index is 15.5. The van der Waals surface area contributed by atoms with Gasteiger partial charge in [-0.3, -0.25) is 4.79 Å². The molecule has 3 aliphatic heterocycles. The number of carbonyl (C=O) groups is 3. The van der Waals surface area contributed by atoms with Crippen molar-refractivity contribution in [1.29, 1.82) is 0 Å². The number of hydrogen-bond acceptors (Lipinski definition) is 6. The highest BCUT2D eigenvalue weighted by Crippen LogP contribution is 2.53. The summed E-state index contributed by atoms with van der Waals surface area (Å²) in [5.41, 5.74) is 0.882. The number of fused-ring (bicyclic) bond motifs is 2. The first-order valence-corrected chi connectivity index (χ1v) is 13.0. The summed E-state index contributed by atoms with van der Waals surface area (Å²) in [6.07, 6.45) is 1.41. The van der Waals surface area contributed by atoms with E-state index in [4.69, 9.17) is 9.47 Å². The van der Waals surface area contributed by atoms with Gasteiger partial charge in [-0.25, -0.2) is 14.0 Å². The number of ether oxygens (including phenoxy) is 2. The smallest absolute Gasteiger partial charge is 0.409 e. The van der Waals surface area contributed by atoms with Gasteiger partial charge in [0.05, 0.1) is 24.1 Å². The normalized spacial score (nSPS) is 23.7. The number of anilines is 1. The third kappa shape index (κ3) is 3.83. The predicted octanol–water partition coefficient (Wildman–Crippen LogP) is 3.43. The molecule has 37 heavy (non-hydrogen) atoms. The van der Waals surface area contributed by atoms with Crippen LogP contribution in [0.4, 0.5) is 14.9 Å². The molecule has 4 aliphatic rings. The lowest BCUT2D eigenvalue weighted by atomic mass is 9.91. The molecule has 0 unspecified atom stereocenters. The highest BCUT2D eigenvalue weighted by atomic mass is 19.1. The molecule has 1 saturated carbocycles. The van der Waals surface area contributed by atoms with E-state index in [0.717, 1.165) is 11.3 Å². The second-order valence-electron chi connectivity index (χ2n) is 10.3. The molecule has 6 rings (SSSR count). The third-order valence-electron chi connectivity index (χ3n) is 8.24. The van der Waals surface area contributed by atoms with E-state index in [1.165, 1.54) is 6.07 Å². The van der Waals surface area contributed by atoms with Crippen molar-refractivity contribution in [2.45, 2.75) is 37.2 Å². The number of nitrogens with zero attached hydrogens (tertiary/aromatic N) is 3. The Morgan fingerprint density at radius 3 is 2.43 bits per heavy atom. The molecule has 2 saturated heterocycles. The standard InChI is InChI=1S/C28H30FN3O5/c1-2-36-26(35)31-15-13-30(14-16-31)19-7-8-22(23(29)17-19)27(9-10-27)25(34)32-12-11-28(18-32)21-6-4-3-5-20(21)24(33)37-28/h3-8,17H,2,9-16,18H2,1H3/t28-/m0/s1. The topological polar surface area (TPSA) is 79.4 Å². The second kappa shape index (κ2) is 8.75. The Morgan fingerprint density at radius 2 is 1.73 bits per heavy atom. The maximum Gasteiger partial charge on any atom is 0.409 e. The van der Waals surface area contributed by atoms with Crippen LogP contribution in [0.2, 0.25) is 0 Å². The van der Waals surface area contributed by atoms with Crippen LogP contribution in [-0.4, -0.2) is 73.6 Å². The Balaban J connectivity index is 1.16. The molecule has 194 valence electrons. The molecule has 2 aromatic rings. The van der Waals surface area contributed by atoms with E-state index in [1.54, 1.807) is 28.9 Å². The highest BCUT2D eigenvalue weighted by molar-refractivity contribution is 5.96. The van der Waals surface area contributed by atoms with Crippen LogP contribution in [0.25, 0.3) is 0 Å². The summed E-state index contributed by atoms with van der Waals surface area (Å²) in [7, 11) is 0. The lowest BCUT2D eigenvalue weighted by Crippen LogP contribution is -2.49. The van der Waals surface area contributed by atoms with Crippen LogP contribution in [0.5, 0.6) is 0 Å². The summed E-state index contributed by atoms with van der Waals surface area (Å²) in [5, 5.41) is 0. The largest absolute Gasteiger partial charge is 0.450 e. The molecule has 0 N–H and O–H groups in total. The third-order valence-corrected chi connectivity index (χ3v) is 8.24. The van der Waals surface area contributed by atoms with Gasteiger partial charge in [0, 0.05) is 56.0 Å². The molecule has 1 aliphatic carbocycles. The van der Waals surface area contributed by atoms with Gasteiger partial charge < -0.3 is 24.2 Å². The number of esters is 1. The molecule has 9 heteroatoms. The Hall–Kier alpha value is -3.62. The minimum absolute atomic E-state index is 0.0977. The van der Waals surface area contributed by atoms with Gasteiger partial charge in [-0.15, -0.1) is 0 Å². The Kier molecular flexibility index (Phi) is 5.62. The second-order valence-corrected chi connectivity index (χ2v) is 10.3. The molecule has 2 aromatic carbocycles. The molecule has 2 amide bonds. The van der Waals surface area contributed by atoms with E-state index in [-0.39, 0.29) is 23.8 Å². The van der Waals surface area contributed by atoms with Gasteiger partial charge in [0.1, 0.15) is 5.82 Å². The average molecular weight is 508 g/mol. The van der Waals surface area contributed by atoms with Gasteiger partial charge in [0.25, 0.3) is 0 Å². The van der Waals surface area contributed by atoms with E-state index in [2.05, 4.69) is 0 Å². The van der Waals surface area contributed by atoms with Crippen molar-refractivity contribution in [3.05, 3.63) is 65.0 Å². The van der Waals surface area contributed by atoms with Crippen LogP contribution in [0.1, 0.15) is 47.7 Å². The molecule has 3 fully saturated rings. The Bertz CT molecular complexity index is 1270. The first-order valence-electron chi connectivity index (χ1n) is 13.0. The van der Waals surface area contributed by atoms with Gasteiger partial charge in [-0.05, 0) is 38.0 Å². The molecule has 8 nitrogen and oxygen atoms in total. The van der Waals surface area contributed by atoms with Crippen molar-refractivity contribution >= 4 is 23.7 Å². The minimum Gasteiger partial charge on any atom is -0.450 e. The Labute approximate surface area is 214 Å². The van der Waals surface area contributed by atoms with E-state index < -0.39 is 11.0 Å². The van der Waals surface area contributed by atoms with Crippen LogP contribution in [0.3, 0.4) is 0 Å². The fourth-order valence-electron chi connectivity index (χ4n) is 6.08. The monoisotopic (exact) mass is 507 g/mol. The number of piperazine rings is 1. The molecule has 0 bridgehead atoms. The van der Waals surface area contributed by atoms with Gasteiger partial charge in [-0.2, -0.15) is 0 Å². The van der Waals surface area contributed by atoms with Gasteiger partial charge >= 0.3 is 12.1 Å². The fourth-order valence-corrected chi connectivity index (χ4v) is 6.08. The lowest BCUT2D eigenvalue weighted by molar-refractivity contribution is -0.134. The molecular formula is C28H30FN3O5. The van der Waals surface area contributed by atoms with Gasteiger partial charge in [0.15, 0.2) is 5.60 Å². The first kappa shape index (κ1) is 23.8.